The highest BCUT2D eigenvalue weighted by Gasteiger charge is 2.25. The Morgan fingerprint density at radius 3 is 2.61 bits per heavy atom. The molecule has 2 aromatic heterocycles. The second-order valence-corrected chi connectivity index (χ2v) is 9.11. The van der Waals surface area contributed by atoms with Crippen molar-refractivity contribution in [3.05, 3.63) is 73.6 Å². The molecule has 0 atom stereocenters. The van der Waals surface area contributed by atoms with Crippen LogP contribution in [0, 0.1) is 0 Å². The lowest BCUT2D eigenvalue weighted by molar-refractivity contribution is 0.505. The Morgan fingerprint density at radius 2 is 1.82 bits per heavy atom. The van der Waals surface area contributed by atoms with Crippen molar-refractivity contribution >= 4 is 47.6 Å². The summed E-state index contributed by atoms with van der Waals surface area (Å²) < 4.78 is 3.56. The first-order valence-electron chi connectivity index (χ1n) is 9.37. The zero-order valence-corrected chi connectivity index (χ0v) is 17.4. The van der Waals surface area contributed by atoms with Gasteiger partial charge in [0.15, 0.2) is 0 Å². The summed E-state index contributed by atoms with van der Waals surface area (Å²) in [5.41, 5.74) is 0.460. The molecule has 6 heteroatoms. The first-order valence-corrected chi connectivity index (χ1v) is 11.0. The molecule has 0 bridgehead atoms. The van der Waals surface area contributed by atoms with E-state index in [1.54, 1.807) is 10.6 Å². The van der Waals surface area contributed by atoms with Gasteiger partial charge >= 0.3 is 0 Å². The van der Waals surface area contributed by atoms with E-state index in [4.69, 9.17) is 4.98 Å². The summed E-state index contributed by atoms with van der Waals surface area (Å²) in [6, 6.07) is 15.4. The van der Waals surface area contributed by atoms with E-state index in [1.807, 2.05) is 42.5 Å². The van der Waals surface area contributed by atoms with Gasteiger partial charge in [0, 0.05) is 26.2 Å². The number of fused-ring (bicyclic) bond motifs is 2. The highest BCUT2D eigenvalue weighted by Crippen LogP contribution is 2.33. The van der Waals surface area contributed by atoms with Crippen LogP contribution in [0.15, 0.2) is 62.6 Å². The molecule has 140 valence electrons. The van der Waals surface area contributed by atoms with Gasteiger partial charge < -0.3 is 0 Å². The molecule has 1 saturated carbocycles. The van der Waals surface area contributed by atoms with Crippen LogP contribution in [-0.2, 0) is 0 Å². The topological polar surface area (TPSA) is 52.0 Å². The minimum atomic E-state index is -0.214. The predicted molar refractivity (Wildman–Crippen MR) is 118 cm³/mol. The molecule has 0 aliphatic heterocycles. The largest absolute Gasteiger partial charge is 0.289 e. The minimum absolute atomic E-state index is 0.0919. The average Bonchev–Trinajstić information content (AvgIpc) is 3.22. The minimum Gasteiger partial charge on any atom is -0.289 e. The number of hydrogen-bond donors (Lipinski definition) is 0. The molecule has 1 aliphatic rings. The molecular weight excluding hydrogens is 436 g/mol. The second kappa shape index (κ2) is 6.94. The average molecular weight is 453 g/mol. The van der Waals surface area contributed by atoms with E-state index < -0.39 is 0 Å². The fourth-order valence-electron chi connectivity index (χ4n) is 4.10. The highest BCUT2D eigenvalue weighted by molar-refractivity contribution is 9.10. The van der Waals surface area contributed by atoms with Gasteiger partial charge in [-0.15, -0.1) is 11.3 Å². The summed E-state index contributed by atoms with van der Waals surface area (Å²) in [6.07, 6.45) is 4.08. The van der Waals surface area contributed by atoms with Crippen molar-refractivity contribution in [3.8, 4) is 11.4 Å². The quantitative estimate of drug-likeness (QED) is 0.376. The molecule has 1 fully saturated rings. The van der Waals surface area contributed by atoms with Crippen molar-refractivity contribution in [2.24, 2.45) is 0 Å². The van der Waals surface area contributed by atoms with E-state index in [2.05, 4.69) is 15.9 Å². The Balaban J connectivity index is 1.92. The molecule has 0 radical (unpaired) electrons. The Hall–Kier alpha value is -2.31. The molecule has 0 amide bonds. The summed E-state index contributed by atoms with van der Waals surface area (Å²) in [5.74, 6) is 0.650. The fourth-order valence-corrected chi connectivity index (χ4v) is 5.54. The summed E-state index contributed by atoms with van der Waals surface area (Å²) in [4.78, 5) is 32.1. The van der Waals surface area contributed by atoms with Crippen LogP contribution in [0.4, 0.5) is 0 Å². The van der Waals surface area contributed by atoms with Crippen molar-refractivity contribution in [2.45, 2.75) is 31.7 Å². The maximum atomic E-state index is 13.6. The van der Waals surface area contributed by atoms with Crippen molar-refractivity contribution in [2.75, 3.05) is 0 Å². The summed E-state index contributed by atoms with van der Waals surface area (Å²) in [5, 5.41) is 0.807. The van der Waals surface area contributed by atoms with Crippen LogP contribution in [0.3, 0.4) is 0 Å². The van der Waals surface area contributed by atoms with Gasteiger partial charge in [0.25, 0.3) is 5.56 Å². The van der Waals surface area contributed by atoms with Crippen LogP contribution in [-0.4, -0.2) is 9.55 Å². The number of halogens is 1. The fraction of sp³-hybridized carbons (Fsp3) is 0.227. The van der Waals surface area contributed by atoms with E-state index in [9.17, 15) is 9.59 Å². The van der Waals surface area contributed by atoms with Crippen molar-refractivity contribution in [1.82, 2.24) is 9.55 Å². The summed E-state index contributed by atoms with van der Waals surface area (Å²) in [6.45, 7) is 0. The third-order valence-electron chi connectivity index (χ3n) is 5.42. The maximum Gasteiger partial charge on any atom is 0.266 e. The first-order chi connectivity index (χ1) is 13.6. The lowest BCUT2D eigenvalue weighted by atomic mass is 10.1. The van der Waals surface area contributed by atoms with Crippen molar-refractivity contribution < 1.29 is 0 Å². The van der Waals surface area contributed by atoms with E-state index in [0.717, 1.165) is 40.4 Å². The summed E-state index contributed by atoms with van der Waals surface area (Å²) in [7, 11) is 0. The Bertz CT molecular complexity index is 1340. The molecule has 0 unspecified atom stereocenters. The lowest BCUT2D eigenvalue weighted by Gasteiger charge is -2.19. The standard InChI is InChI=1S/C22H17BrN2O2S/c23-14-7-5-6-13(12-14)20-24-21-18(22(27)25(20)15-8-1-2-9-15)19(26)16-10-3-4-11-17(16)28-21/h3-7,10-12,15H,1-2,8-9H2. The number of hydrogen-bond acceptors (Lipinski definition) is 4. The van der Waals surface area contributed by atoms with Gasteiger partial charge in [-0.1, -0.05) is 53.0 Å². The number of rotatable bonds is 2. The van der Waals surface area contributed by atoms with Gasteiger partial charge in [0.1, 0.15) is 16.0 Å². The molecule has 1 aliphatic carbocycles. The zero-order chi connectivity index (χ0) is 19.3. The molecule has 28 heavy (non-hydrogen) atoms. The van der Waals surface area contributed by atoms with Crippen LogP contribution >= 0.6 is 27.3 Å². The normalized spacial score (nSPS) is 14.9. The molecule has 0 saturated heterocycles. The van der Waals surface area contributed by atoms with Gasteiger partial charge in [-0.2, -0.15) is 0 Å². The van der Waals surface area contributed by atoms with Gasteiger partial charge in [0.2, 0.25) is 5.43 Å². The van der Waals surface area contributed by atoms with Crippen LogP contribution in [0.2, 0.25) is 0 Å². The third-order valence-corrected chi connectivity index (χ3v) is 6.98. The Labute approximate surface area is 173 Å². The van der Waals surface area contributed by atoms with E-state index >= 15 is 0 Å². The highest BCUT2D eigenvalue weighted by atomic mass is 79.9. The van der Waals surface area contributed by atoms with Crippen LogP contribution in [0.1, 0.15) is 31.7 Å². The van der Waals surface area contributed by atoms with Gasteiger partial charge in [0.05, 0.1) is 0 Å². The number of nitrogens with zero attached hydrogens (tertiary/aromatic N) is 2. The molecule has 4 nitrogen and oxygen atoms in total. The second-order valence-electron chi connectivity index (χ2n) is 7.17. The van der Waals surface area contributed by atoms with Gasteiger partial charge in [-0.25, -0.2) is 4.98 Å². The third kappa shape index (κ3) is 2.83. The first kappa shape index (κ1) is 17.8. The number of aromatic nitrogens is 2. The van der Waals surface area contributed by atoms with E-state index in [-0.39, 0.29) is 22.4 Å². The lowest BCUT2D eigenvalue weighted by Crippen LogP contribution is -2.29. The summed E-state index contributed by atoms with van der Waals surface area (Å²) >= 11 is 4.93. The maximum absolute atomic E-state index is 13.6. The van der Waals surface area contributed by atoms with Gasteiger partial charge in [-0.05, 0) is 37.1 Å². The van der Waals surface area contributed by atoms with E-state index in [1.165, 1.54) is 11.3 Å². The molecule has 4 aromatic rings. The molecule has 2 aromatic carbocycles. The van der Waals surface area contributed by atoms with E-state index in [0.29, 0.717) is 16.0 Å². The van der Waals surface area contributed by atoms with Crippen LogP contribution in [0.5, 0.6) is 0 Å². The van der Waals surface area contributed by atoms with Crippen molar-refractivity contribution in [1.29, 1.82) is 0 Å². The Kier molecular flexibility index (Phi) is 4.40. The molecular formula is C22H17BrN2O2S. The van der Waals surface area contributed by atoms with Gasteiger partial charge in [-0.3, -0.25) is 14.2 Å². The molecule has 0 N–H and O–H groups in total. The zero-order valence-electron chi connectivity index (χ0n) is 15.0. The molecule has 2 heterocycles. The van der Waals surface area contributed by atoms with Crippen LogP contribution in [0.25, 0.3) is 31.7 Å². The SMILES string of the molecule is O=c1c2ccccc2sc2nc(-c3cccc(Br)c3)n(C3CCCC3)c(=O)c12. The van der Waals surface area contributed by atoms with Crippen LogP contribution < -0.4 is 11.0 Å². The molecule has 5 rings (SSSR count). The molecule has 0 spiro atoms. The monoisotopic (exact) mass is 452 g/mol. The van der Waals surface area contributed by atoms with Crippen molar-refractivity contribution in [3.63, 3.8) is 0 Å². The number of benzene rings is 2. The Morgan fingerprint density at radius 1 is 1.04 bits per heavy atom. The smallest absolute Gasteiger partial charge is 0.266 e. The predicted octanol–water partition coefficient (Wildman–Crippen LogP) is 5.52.